The van der Waals surface area contributed by atoms with Crippen LogP contribution in [-0.2, 0) is 13.1 Å². The predicted octanol–water partition coefficient (Wildman–Crippen LogP) is 3.41. The van der Waals surface area contributed by atoms with Crippen molar-refractivity contribution >= 4 is 0 Å². The van der Waals surface area contributed by atoms with Gasteiger partial charge in [0.15, 0.2) is 11.5 Å². The Kier molecular flexibility index (Phi) is 4.49. The molecule has 0 amide bonds. The van der Waals surface area contributed by atoms with Crippen LogP contribution < -0.4 is 19.5 Å². The van der Waals surface area contributed by atoms with Gasteiger partial charge < -0.3 is 19.5 Å². The van der Waals surface area contributed by atoms with Crippen LogP contribution in [0.3, 0.4) is 0 Å². The maximum absolute atomic E-state index is 5.64. The SMILES string of the molecule is CCOc1cccc(CNCc2cccc3c2OCO3)c1C. The molecular formula is C18H21NO3. The van der Waals surface area contributed by atoms with Crippen LogP contribution in [0.1, 0.15) is 23.6 Å². The highest BCUT2D eigenvalue weighted by Gasteiger charge is 2.16. The molecule has 0 unspecified atom stereocenters. The summed E-state index contributed by atoms with van der Waals surface area (Å²) in [5.74, 6) is 2.64. The summed E-state index contributed by atoms with van der Waals surface area (Å²) in [5, 5.41) is 3.47. The fraction of sp³-hybridized carbons (Fsp3) is 0.333. The van der Waals surface area contributed by atoms with Crippen molar-refractivity contribution in [3.63, 3.8) is 0 Å². The van der Waals surface area contributed by atoms with E-state index in [-0.39, 0.29) is 0 Å². The summed E-state index contributed by atoms with van der Waals surface area (Å²) >= 11 is 0. The van der Waals surface area contributed by atoms with Crippen LogP contribution in [0.5, 0.6) is 17.2 Å². The molecular weight excluding hydrogens is 278 g/mol. The first-order valence-electron chi connectivity index (χ1n) is 7.59. The Morgan fingerprint density at radius 1 is 1.05 bits per heavy atom. The number of hydrogen-bond acceptors (Lipinski definition) is 4. The lowest BCUT2D eigenvalue weighted by Crippen LogP contribution is -2.14. The monoisotopic (exact) mass is 299 g/mol. The highest BCUT2D eigenvalue weighted by molar-refractivity contribution is 5.48. The van der Waals surface area contributed by atoms with E-state index in [2.05, 4.69) is 24.4 Å². The number of hydrogen-bond donors (Lipinski definition) is 1. The van der Waals surface area contributed by atoms with Crippen LogP contribution in [0.4, 0.5) is 0 Å². The molecule has 1 heterocycles. The zero-order valence-electron chi connectivity index (χ0n) is 13.0. The molecule has 0 aromatic heterocycles. The van der Waals surface area contributed by atoms with Gasteiger partial charge in [-0.1, -0.05) is 24.3 Å². The largest absolute Gasteiger partial charge is 0.494 e. The van der Waals surface area contributed by atoms with Crippen molar-refractivity contribution in [2.75, 3.05) is 13.4 Å². The number of fused-ring (bicyclic) bond motifs is 1. The van der Waals surface area contributed by atoms with Crippen LogP contribution in [0, 0.1) is 6.92 Å². The summed E-state index contributed by atoms with van der Waals surface area (Å²) < 4.78 is 16.6. The molecule has 0 saturated heterocycles. The van der Waals surface area contributed by atoms with Gasteiger partial charge in [-0.25, -0.2) is 0 Å². The molecule has 1 N–H and O–H groups in total. The van der Waals surface area contributed by atoms with Crippen molar-refractivity contribution in [3.05, 3.63) is 53.1 Å². The third-order valence-electron chi connectivity index (χ3n) is 3.81. The summed E-state index contributed by atoms with van der Waals surface area (Å²) in [5.41, 5.74) is 3.55. The molecule has 0 saturated carbocycles. The van der Waals surface area contributed by atoms with Crippen LogP contribution >= 0.6 is 0 Å². The van der Waals surface area contributed by atoms with Crippen molar-refractivity contribution in [2.24, 2.45) is 0 Å². The highest BCUT2D eigenvalue weighted by atomic mass is 16.7. The standard InChI is InChI=1S/C18H21NO3/c1-3-20-16-8-4-6-14(13(16)2)10-19-11-15-7-5-9-17-18(15)22-12-21-17/h4-9,19H,3,10-12H2,1-2H3. The van der Waals surface area contributed by atoms with Crippen molar-refractivity contribution in [1.29, 1.82) is 0 Å². The van der Waals surface area contributed by atoms with Gasteiger partial charge in [0.1, 0.15) is 5.75 Å². The molecule has 0 atom stereocenters. The summed E-state index contributed by atoms with van der Waals surface area (Å²) in [4.78, 5) is 0. The van der Waals surface area contributed by atoms with Crippen molar-refractivity contribution in [1.82, 2.24) is 5.32 Å². The van der Waals surface area contributed by atoms with Gasteiger partial charge in [0, 0.05) is 18.7 Å². The molecule has 4 heteroatoms. The van der Waals surface area contributed by atoms with Crippen LogP contribution in [0.15, 0.2) is 36.4 Å². The molecule has 0 spiro atoms. The Hall–Kier alpha value is -2.20. The quantitative estimate of drug-likeness (QED) is 0.887. The lowest BCUT2D eigenvalue weighted by Gasteiger charge is -2.13. The smallest absolute Gasteiger partial charge is 0.231 e. The van der Waals surface area contributed by atoms with Gasteiger partial charge in [-0.15, -0.1) is 0 Å². The van der Waals surface area contributed by atoms with Crippen LogP contribution in [-0.4, -0.2) is 13.4 Å². The normalized spacial score (nSPS) is 12.5. The molecule has 2 aromatic rings. The Morgan fingerprint density at radius 3 is 2.68 bits per heavy atom. The molecule has 3 rings (SSSR count). The van der Waals surface area contributed by atoms with Gasteiger partial charge in [-0.2, -0.15) is 0 Å². The minimum atomic E-state index is 0.307. The molecule has 0 fully saturated rings. The molecule has 22 heavy (non-hydrogen) atoms. The van der Waals surface area contributed by atoms with Gasteiger partial charge in [0.2, 0.25) is 6.79 Å². The molecule has 116 valence electrons. The maximum atomic E-state index is 5.64. The third kappa shape index (κ3) is 3.02. The molecule has 1 aliphatic rings. The summed E-state index contributed by atoms with van der Waals surface area (Å²) in [7, 11) is 0. The predicted molar refractivity (Wildman–Crippen MR) is 85.5 cm³/mol. The third-order valence-corrected chi connectivity index (χ3v) is 3.81. The Morgan fingerprint density at radius 2 is 1.82 bits per heavy atom. The number of rotatable bonds is 6. The summed E-state index contributed by atoms with van der Waals surface area (Å²) in [6.45, 7) is 6.62. The average molecular weight is 299 g/mol. The second-order valence-electron chi connectivity index (χ2n) is 5.23. The number of nitrogens with one attached hydrogen (secondary N) is 1. The van der Waals surface area contributed by atoms with Gasteiger partial charge >= 0.3 is 0 Å². The lowest BCUT2D eigenvalue weighted by molar-refractivity contribution is 0.173. The van der Waals surface area contributed by atoms with E-state index < -0.39 is 0 Å². The maximum Gasteiger partial charge on any atom is 0.231 e. The van der Waals surface area contributed by atoms with E-state index in [0.717, 1.165) is 35.9 Å². The second kappa shape index (κ2) is 6.71. The minimum absolute atomic E-state index is 0.307. The van der Waals surface area contributed by atoms with Gasteiger partial charge in [0.05, 0.1) is 6.61 Å². The van der Waals surface area contributed by atoms with E-state index in [1.165, 1.54) is 11.1 Å². The molecule has 1 aliphatic heterocycles. The van der Waals surface area contributed by atoms with E-state index in [1.54, 1.807) is 0 Å². The topological polar surface area (TPSA) is 39.7 Å². The van der Waals surface area contributed by atoms with E-state index >= 15 is 0 Å². The van der Waals surface area contributed by atoms with E-state index in [0.29, 0.717) is 13.4 Å². The fourth-order valence-electron chi connectivity index (χ4n) is 2.62. The zero-order chi connectivity index (χ0) is 15.4. The minimum Gasteiger partial charge on any atom is -0.494 e. The number of para-hydroxylation sites is 1. The van der Waals surface area contributed by atoms with E-state index in [4.69, 9.17) is 14.2 Å². The van der Waals surface area contributed by atoms with E-state index in [1.807, 2.05) is 31.2 Å². The van der Waals surface area contributed by atoms with Crippen LogP contribution in [0.2, 0.25) is 0 Å². The summed E-state index contributed by atoms with van der Waals surface area (Å²) in [6, 6.07) is 12.2. The summed E-state index contributed by atoms with van der Waals surface area (Å²) in [6.07, 6.45) is 0. The van der Waals surface area contributed by atoms with E-state index in [9.17, 15) is 0 Å². The zero-order valence-corrected chi connectivity index (χ0v) is 13.0. The molecule has 0 radical (unpaired) electrons. The first-order chi connectivity index (χ1) is 10.8. The Bertz CT molecular complexity index is 655. The number of benzene rings is 2. The molecule has 0 aliphatic carbocycles. The van der Waals surface area contributed by atoms with Gasteiger partial charge in [0.25, 0.3) is 0 Å². The molecule has 4 nitrogen and oxygen atoms in total. The van der Waals surface area contributed by atoms with Crippen molar-refractivity contribution in [3.8, 4) is 17.2 Å². The Balaban J connectivity index is 1.64. The average Bonchev–Trinajstić information content (AvgIpc) is 3.00. The second-order valence-corrected chi connectivity index (χ2v) is 5.23. The van der Waals surface area contributed by atoms with Crippen molar-refractivity contribution < 1.29 is 14.2 Å². The first-order valence-corrected chi connectivity index (χ1v) is 7.59. The highest BCUT2D eigenvalue weighted by Crippen LogP contribution is 2.35. The van der Waals surface area contributed by atoms with Crippen LogP contribution in [0.25, 0.3) is 0 Å². The first kappa shape index (κ1) is 14.7. The van der Waals surface area contributed by atoms with Gasteiger partial charge in [-0.05, 0) is 37.1 Å². The fourth-order valence-corrected chi connectivity index (χ4v) is 2.62. The Labute approximate surface area is 131 Å². The molecule has 2 aromatic carbocycles. The van der Waals surface area contributed by atoms with Crippen molar-refractivity contribution in [2.45, 2.75) is 26.9 Å². The number of ether oxygens (including phenoxy) is 3. The van der Waals surface area contributed by atoms with Gasteiger partial charge in [-0.3, -0.25) is 0 Å². The molecule has 0 bridgehead atoms. The lowest BCUT2D eigenvalue weighted by atomic mass is 10.1.